The van der Waals surface area contributed by atoms with Crippen LogP contribution >= 0.6 is 0 Å². The summed E-state index contributed by atoms with van der Waals surface area (Å²) >= 11 is 0. The second-order valence-electron chi connectivity index (χ2n) is 5.42. The Morgan fingerprint density at radius 3 is 3.08 bits per heavy atom. The lowest BCUT2D eigenvalue weighted by atomic mass is 10.1. The Balaban J connectivity index is 1.68. The van der Waals surface area contributed by atoms with Crippen LogP contribution in [-0.4, -0.2) is 42.8 Å². The molecule has 8 heteroatoms. The van der Waals surface area contributed by atoms with Crippen molar-refractivity contribution in [3.8, 4) is 5.75 Å². The van der Waals surface area contributed by atoms with Crippen LogP contribution in [0.1, 0.15) is 21.7 Å². The van der Waals surface area contributed by atoms with Crippen molar-refractivity contribution in [3.63, 3.8) is 0 Å². The zero-order valence-corrected chi connectivity index (χ0v) is 13.5. The van der Waals surface area contributed by atoms with Gasteiger partial charge in [-0.25, -0.2) is 0 Å². The molecule has 2 N–H and O–H groups in total. The zero-order valence-electron chi connectivity index (χ0n) is 13.5. The third-order valence-corrected chi connectivity index (χ3v) is 3.72. The van der Waals surface area contributed by atoms with Gasteiger partial charge in [0.15, 0.2) is 6.61 Å². The molecule has 24 heavy (non-hydrogen) atoms. The summed E-state index contributed by atoms with van der Waals surface area (Å²) in [5.74, 6) is 0.196. The van der Waals surface area contributed by atoms with E-state index in [1.165, 1.54) is 4.90 Å². The molecule has 2 aromatic rings. The van der Waals surface area contributed by atoms with Crippen LogP contribution in [0.25, 0.3) is 0 Å². The highest BCUT2D eigenvalue weighted by molar-refractivity contribution is 6.00. The van der Waals surface area contributed by atoms with E-state index in [1.807, 2.05) is 6.07 Å². The highest BCUT2D eigenvalue weighted by Gasteiger charge is 2.23. The van der Waals surface area contributed by atoms with Crippen molar-refractivity contribution in [2.75, 3.05) is 25.7 Å². The van der Waals surface area contributed by atoms with E-state index < -0.39 is 0 Å². The van der Waals surface area contributed by atoms with Crippen LogP contribution < -0.4 is 15.0 Å². The predicted octanol–water partition coefficient (Wildman–Crippen LogP) is 0.841. The Kier molecular flexibility index (Phi) is 4.48. The van der Waals surface area contributed by atoms with Crippen LogP contribution in [0.2, 0.25) is 0 Å². The standard InChI is InChI=1S/C16H18N4O4/c1-20-13-5-10(3-4-14(13)24-9-15(20)21)16(22)17-7-11-6-12(8-23-2)19-18-11/h3-6H,7-9H2,1-2H3,(H,17,22)(H,18,19). The molecule has 0 fully saturated rings. The lowest BCUT2D eigenvalue weighted by molar-refractivity contribution is -0.120. The molecule has 126 valence electrons. The maximum Gasteiger partial charge on any atom is 0.264 e. The number of amides is 2. The summed E-state index contributed by atoms with van der Waals surface area (Å²) in [7, 11) is 3.25. The molecule has 0 saturated heterocycles. The van der Waals surface area contributed by atoms with Crippen LogP contribution in [0.4, 0.5) is 5.69 Å². The van der Waals surface area contributed by atoms with Gasteiger partial charge in [0.25, 0.3) is 11.8 Å². The number of anilines is 1. The summed E-state index contributed by atoms with van der Waals surface area (Å²) in [5, 5.41) is 9.72. The van der Waals surface area contributed by atoms with E-state index in [-0.39, 0.29) is 18.4 Å². The average molecular weight is 330 g/mol. The third kappa shape index (κ3) is 3.23. The molecule has 0 unspecified atom stereocenters. The van der Waals surface area contributed by atoms with E-state index in [4.69, 9.17) is 9.47 Å². The largest absolute Gasteiger partial charge is 0.482 e. The lowest BCUT2D eigenvalue weighted by Crippen LogP contribution is -2.35. The number of rotatable bonds is 5. The van der Waals surface area contributed by atoms with Crippen LogP contribution in [0.5, 0.6) is 5.75 Å². The number of H-pyrrole nitrogens is 1. The number of ether oxygens (including phenoxy) is 2. The van der Waals surface area contributed by atoms with Crippen molar-refractivity contribution in [3.05, 3.63) is 41.2 Å². The van der Waals surface area contributed by atoms with Crippen molar-refractivity contribution in [1.82, 2.24) is 15.5 Å². The molecule has 0 bridgehead atoms. The minimum Gasteiger partial charge on any atom is -0.482 e. The van der Waals surface area contributed by atoms with Gasteiger partial charge < -0.3 is 19.7 Å². The fourth-order valence-corrected chi connectivity index (χ4v) is 2.41. The van der Waals surface area contributed by atoms with Crippen LogP contribution in [-0.2, 0) is 22.7 Å². The van der Waals surface area contributed by atoms with E-state index in [1.54, 1.807) is 32.4 Å². The van der Waals surface area contributed by atoms with E-state index in [0.29, 0.717) is 30.2 Å². The first-order chi connectivity index (χ1) is 11.6. The molecule has 8 nitrogen and oxygen atoms in total. The minimum atomic E-state index is -0.243. The normalized spacial score (nSPS) is 13.4. The van der Waals surface area contributed by atoms with Gasteiger partial charge in [-0.15, -0.1) is 0 Å². The molecule has 3 rings (SSSR count). The first-order valence-electron chi connectivity index (χ1n) is 7.42. The maximum absolute atomic E-state index is 12.3. The molecular formula is C16H18N4O4. The fraction of sp³-hybridized carbons (Fsp3) is 0.312. The number of likely N-dealkylation sites (N-methyl/N-ethyl adjacent to an activating group) is 1. The number of fused-ring (bicyclic) bond motifs is 1. The summed E-state index contributed by atoms with van der Waals surface area (Å²) in [6.07, 6.45) is 0. The Morgan fingerprint density at radius 1 is 1.46 bits per heavy atom. The van der Waals surface area contributed by atoms with Crippen LogP contribution in [0.15, 0.2) is 24.3 Å². The van der Waals surface area contributed by atoms with Gasteiger partial charge in [-0.05, 0) is 24.3 Å². The van der Waals surface area contributed by atoms with Crippen molar-refractivity contribution in [2.24, 2.45) is 0 Å². The quantitative estimate of drug-likeness (QED) is 0.847. The van der Waals surface area contributed by atoms with Crippen LogP contribution in [0.3, 0.4) is 0 Å². The highest BCUT2D eigenvalue weighted by atomic mass is 16.5. The number of hydrogen-bond donors (Lipinski definition) is 2. The second-order valence-corrected chi connectivity index (χ2v) is 5.42. The molecule has 1 aromatic heterocycles. The van der Waals surface area contributed by atoms with Crippen molar-refractivity contribution in [1.29, 1.82) is 0 Å². The number of nitrogens with one attached hydrogen (secondary N) is 2. The van der Waals surface area contributed by atoms with Crippen molar-refractivity contribution < 1.29 is 19.1 Å². The SMILES string of the molecule is COCc1cc(CNC(=O)c2ccc3c(c2)N(C)C(=O)CO3)[nH]n1. The molecule has 0 radical (unpaired) electrons. The zero-order chi connectivity index (χ0) is 17.1. The van der Waals surface area contributed by atoms with Gasteiger partial charge in [0.1, 0.15) is 5.75 Å². The Bertz CT molecular complexity index is 771. The van der Waals surface area contributed by atoms with Gasteiger partial charge in [0.05, 0.1) is 30.2 Å². The summed E-state index contributed by atoms with van der Waals surface area (Å²) < 4.78 is 10.3. The number of aromatic nitrogens is 2. The number of carbonyl (C=O) groups is 2. The van der Waals surface area contributed by atoms with Crippen molar-refractivity contribution >= 4 is 17.5 Å². The number of aromatic amines is 1. The summed E-state index contributed by atoms with van der Waals surface area (Å²) in [6.45, 7) is 0.742. The first kappa shape index (κ1) is 16.0. The van der Waals surface area contributed by atoms with E-state index >= 15 is 0 Å². The summed E-state index contributed by atoms with van der Waals surface area (Å²) in [5.41, 5.74) is 2.59. The number of methoxy groups -OCH3 is 1. The third-order valence-electron chi connectivity index (χ3n) is 3.72. The second kappa shape index (κ2) is 6.71. The van der Waals surface area contributed by atoms with Gasteiger partial charge in [-0.2, -0.15) is 5.10 Å². The molecule has 1 aromatic carbocycles. The summed E-state index contributed by atoms with van der Waals surface area (Å²) in [4.78, 5) is 25.5. The highest BCUT2D eigenvalue weighted by Crippen LogP contribution is 2.31. The predicted molar refractivity (Wildman–Crippen MR) is 85.8 cm³/mol. The molecule has 2 amide bonds. The molecule has 0 atom stereocenters. The lowest BCUT2D eigenvalue weighted by Gasteiger charge is -2.26. The Morgan fingerprint density at radius 2 is 2.29 bits per heavy atom. The topological polar surface area (TPSA) is 96.5 Å². The average Bonchev–Trinajstić information content (AvgIpc) is 3.04. The van der Waals surface area contributed by atoms with Crippen molar-refractivity contribution in [2.45, 2.75) is 13.2 Å². The molecule has 1 aliphatic heterocycles. The summed E-state index contributed by atoms with van der Waals surface area (Å²) in [6, 6.07) is 6.84. The van der Waals surface area contributed by atoms with Gasteiger partial charge in [-0.3, -0.25) is 14.7 Å². The molecule has 0 spiro atoms. The Hall–Kier alpha value is -2.87. The van der Waals surface area contributed by atoms with Gasteiger partial charge in [0, 0.05) is 19.7 Å². The molecule has 1 aliphatic rings. The minimum absolute atomic E-state index is 0.0126. The van der Waals surface area contributed by atoms with Gasteiger partial charge in [0.2, 0.25) is 0 Å². The molecule has 0 aliphatic carbocycles. The molecule has 0 saturated carbocycles. The maximum atomic E-state index is 12.3. The fourth-order valence-electron chi connectivity index (χ4n) is 2.41. The van der Waals surface area contributed by atoms with E-state index in [0.717, 1.165) is 11.4 Å². The van der Waals surface area contributed by atoms with E-state index in [9.17, 15) is 9.59 Å². The smallest absolute Gasteiger partial charge is 0.264 e. The monoisotopic (exact) mass is 330 g/mol. The van der Waals surface area contributed by atoms with E-state index in [2.05, 4.69) is 15.5 Å². The van der Waals surface area contributed by atoms with Crippen LogP contribution in [0, 0.1) is 0 Å². The number of hydrogen-bond acceptors (Lipinski definition) is 5. The number of nitrogens with zero attached hydrogens (tertiary/aromatic N) is 2. The Labute approximate surface area is 138 Å². The number of carbonyl (C=O) groups excluding carboxylic acids is 2. The van der Waals surface area contributed by atoms with Gasteiger partial charge in [-0.1, -0.05) is 0 Å². The number of benzene rings is 1. The first-order valence-corrected chi connectivity index (χ1v) is 7.42. The molecular weight excluding hydrogens is 312 g/mol. The van der Waals surface area contributed by atoms with Gasteiger partial charge >= 0.3 is 0 Å². The molecule has 2 heterocycles.